The van der Waals surface area contributed by atoms with Gasteiger partial charge in [0.1, 0.15) is 5.65 Å². The van der Waals surface area contributed by atoms with Gasteiger partial charge in [0.15, 0.2) is 0 Å². The third kappa shape index (κ3) is 4.17. The second-order valence-corrected chi connectivity index (χ2v) is 7.33. The van der Waals surface area contributed by atoms with E-state index in [9.17, 15) is 4.79 Å². The zero-order chi connectivity index (χ0) is 17.9. The predicted molar refractivity (Wildman–Crippen MR) is 99.3 cm³/mol. The SMILES string of the molecule is O=C(CN1CCN(Cc2cn3cc(Cl)ccc3n2)CC1)N1CCOCC1. The van der Waals surface area contributed by atoms with Crippen LogP contribution in [-0.4, -0.2) is 89.0 Å². The number of halogens is 1. The van der Waals surface area contributed by atoms with Crippen LogP contribution in [0.25, 0.3) is 5.65 Å². The number of aromatic nitrogens is 2. The Kier molecular flexibility index (Phi) is 5.40. The molecule has 2 aliphatic rings. The Morgan fingerprint density at radius 3 is 2.54 bits per heavy atom. The van der Waals surface area contributed by atoms with Crippen LogP contribution in [0.3, 0.4) is 0 Å². The van der Waals surface area contributed by atoms with E-state index in [1.807, 2.05) is 33.8 Å². The summed E-state index contributed by atoms with van der Waals surface area (Å²) in [6.45, 7) is 7.81. The average molecular weight is 378 g/mol. The fraction of sp³-hybridized carbons (Fsp3) is 0.556. The minimum atomic E-state index is 0.221. The summed E-state index contributed by atoms with van der Waals surface area (Å²) in [6.07, 6.45) is 3.91. The van der Waals surface area contributed by atoms with Crippen LogP contribution in [0.4, 0.5) is 0 Å². The highest BCUT2D eigenvalue weighted by Gasteiger charge is 2.23. The number of ether oxygens (including phenoxy) is 1. The maximum absolute atomic E-state index is 12.4. The summed E-state index contributed by atoms with van der Waals surface area (Å²) in [5.41, 5.74) is 1.96. The summed E-state index contributed by atoms with van der Waals surface area (Å²) < 4.78 is 7.28. The van der Waals surface area contributed by atoms with Gasteiger partial charge in [-0.05, 0) is 12.1 Å². The minimum Gasteiger partial charge on any atom is -0.378 e. The lowest BCUT2D eigenvalue weighted by molar-refractivity contribution is -0.136. The molecule has 4 rings (SSSR count). The van der Waals surface area contributed by atoms with E-state index in [0.717, 1.165) is 57.2 Å². The van der Waals surface area contributed by atoms with Gasteiger partial charge in [-0.25, -0.2) is 4.98 Å². The summed E-state index contributed by atoms with van der Waals surface area (Å²) in [5.74, 6) is 0.221. The van der Waals surface area contributed by atoms with Crippen LogP contribution in [0, 0.1) is 0 Å². The Morgan fingerprint density at radius 2 is 1.77 bits per heavy atom. The van der Waals surface area contributed by atoms with Crippen molar-refractivity contribution >= 4 is 23.2 Å². The van der Waals surface area contributed by atoms with Crippen LogP contribution >= 0.6 is 11.6 Å². The molecule has 0 unspecified atom stereocenters. The highest BCUT2D eigenvalue weighted by molar-refractivity contribution is 6.30. The number of fused-ring (bicyclic) bond motifs is 1. The molecule has 2 fully saturated rings. The molecule has 1 amide bonds. The van der Waals surface area contributed by atoms with Gasteiger partial charge >= 0.3 is 0 Å². The summed E-state index contributed by atoms with van der Waals surface area (Å²) in [5, 5.41) is 0.708. The highest BCUT2D eigenvalue weighted by atomic mass is 35.5. The maximum Gasteiger partial charge on any atom is 0.236 e. The third-order valence-corrected chi connectivity index (χ3v) is 5.26. The number of amides is 1. The standard InChI is InChI=1S/C18H24ClN5O2/c19-15-1-2-17-20-16(13-24(17)11-15)12-21-3-5-22(6-4-21)14-18(25)23-7-9-26-10-8-23/h1-2,11,13H,3-10,12,14H2. The number of morpholine rings is 1. The molecule has 7 nitrogen and oxygen atoms in total. The zero-order valence-corrected chi connectivity index (χ0v) is 15.6. The Balaban J connectivity index is 1.27. The van der Waals surface area contributed by atoms with E-state index in [1.165, 1.54) is 0 Å². The third-order valence-electron chi connectivity index (χ3n) is 5.04. The van der Waals surface area contributed by atoms with Crippen molar-refractivity contribution in [1.82, 2.24) is 24.1 Å². The van der Waals surface area contributed by atoms with Crippen molar-refractivity contribution < 1.29 is 9.53 Å². The number of carbonyl (C=O) groups excluding carboxylic acids is 1. The molecular formula is C18H24ClN5O2. The van der Waals surface area contributed by atoms with Gasteiger partial charge in [0.05, 0.1) is 30.5 Å². The molecule has 2 aromatic heterocycles. The number of hydrogen-bond acceptors (Lipinski definition) is 5. The monoisotopic (exact) mass is 377 g/mol. The van der Waals surface area contributed by atoms with Crippen LogP contribution in [0.15, 0.2) is 24.5 Å². The Bertz CT molecular complexity index is 766. The Hall–Kier alpha value is -1.67. The first-order valence-corrected chi connectivity index (χ1v) is 9.48. The summed E-state index contributed by atoms with van der Waals surface area (Å²) in [6, 6.07) is 3.79. The van der Waals surface area contributed by atoms with Crippen LogP contribution < -0.4 is 0 Å². The van der Waals surface area contributed by atoms with Crippen LogP contribution in [0.1, 0.15) is 5.69 Å². The second kappa shape index (κ2) is 7.92. The van der Waals surface area contributed by atoms with Crippen molar-refractivity contribution in [2.45, 2.75) is 6.54 Å². The molecule has 0 spiro atoms. The number of carbonyl (C=O) groups is 1. The molecule has 2 aromatic rings. The molecule has 0 radical (unpaired) electrons. The molecule has 0 bridgehead atoms. The number of pyridine rings is 1. The molecule has 0 saturated carbocycles. The normalized spacial score (nSPS) is 20.0. The van der Waals surface area contributed by atoms with Crippen molar-refractivity contribution in [2.75, 3.05) is 59.0 Å². The van der Waals surface area contributed by atoms with E-state index >= 15 is 0 Å². The van der Waals surface area contributed by atoms with Crippen LogP contribution in [0.2, 0.25) is 5.02 Å². The topological polar surface area (TPSA) is 53.3 Å². The number of nitrogens with zero attached hydrogens (tertiary/aromatic N) is 5. The van der Waals surface area contributed by atoms with E-state index in [1.54, 1.807) is 0 Å². The first kappa shape index (κ1) is 17.7. The van der Waals surface area contributed by atoms with Crippen molar-refractivity contribution in [2.24, 2.45) is 0 Å². The predicted octanol–water partition coefficient (Wildman–Crippen LogP) is 0.964. The molecule has 0 aliphatic carbocycles. The molecule has 2 aliphatic heterocycles. The minimum absolute atomic E-state index is 0.221. The van der Waals surface area contributed by atoms with E-state index in [0.29, 0.717) is 24.8 Å². The van der Waals surface area contributed by atoms with E-state index < -0.39 is 0 Å². The number of piperazine rings is 1. The lowest BCUT2D eigenvalue weighted by Crippen LogP contribution is -2.51. The lowest BCUT2D eigenvalue weighted by Gasteiger charge is -2.35. The number of imidazole rings is 1. The summed E-state index contributed by atoms with van der Waals surface area (Å²) >= 11 is 6.03. The fourth-order valence-corrected chi connectivity index (χ4v) is 3.70. The van der Waals surface area contributed by atoms with E-state index in [-0.39, 0.29) is 5.91 Å². The number of hydrogen-bond donors (Lipinski definition) is 0. The van der Waals surface area contributed by atoms with E-state index in [4.69, 9.17) is 16.3 Å². The van der Waals surface area contributed by atoms with Crippen molar-refractivity contribution in [1.29, 1.82) is 0 Å². The molecule has 4 heterocycles. The van der Waals surface area contributed by atoms with Crippen molar-refractivity contribution in [3.05, 3.63) is 35.2 Å². The van der Waals surface area contributed by atoms with Crippen LogP contribution in [-0.2, 0) is 16.1 Å². The maximum atomic E-state index is 12.4. The quantitative estimate of drug-likeness (QED) is 0.794. The summed E-state index contributed by atoms with van der Waals surface area (Å²) in [7, 11) is 0. The second-order valence-electron chi connectivity index (χ2n) is 6.89. The van der Waals surface area contributed by atoms with Gasteiger partial charge in [-0.15, -0.1) is 0 Å². The van der Waals surface area contributed by atoms with Crippen molar-refractivity contribution in [3.63, 3.8) is 0 Å². The average Bonchev–Trinajstić information content (AvgIpc) is 3.05. The molecule has 2 saturated heterocycles. The molecule has 0 N–H and O–H groups in total. The molecule has 0 atom stereocenters. The first-order valence-electron chi connectivity index (χ1n) is 9.11. The zero-order valence-electron chi connectivity index (χ0n) is 14.8. The van der Waals surface area contributed by atoms with Gasteiger partial charge in [0.25, 0.3) is 0 Å². The van der Waals surface area contributed by atoms with Gasteiger partial charge in [-0.1, -0.05) is 11.6 Å². The largest absolute Gasteiger partial charge is 0.378 e. The molecule has 26 heavy (non-hydrogen) atoms. The van der Waals surface area contributed by atoms with Gasteiger partial charge in [-0.3, -0.25) is 14.6 Å². The summed E-state index contributed by atoms with van der Waals surface area (Å²) in [4.78, 5) is 23.6. The smallest absolute Gasteiger partial charge is 0.236 e. The lowest BCUT2D eigenvalue weighted by atomic mass is 10.3. The number of rotatable bonds is 4. The van der Waals surface area contributed by atoms with Gasteiger partial charge < -0.3 is 14.0 Å². The molecule has 8 heteroatoms. The van der Waals surface area contributed by atoms with Crippen LogP contribution in [0.5, 0.6) is 0 Å². The fourth-order valence-electron chi connectivity index (χ4n) is 3.53. The van der Waals surface area contributed by atoms with Gasteiger partial charge in [0.2, 0.25) is 5.91 Å². The first-order chi connectivity index (χ1) is 12.7. The highest BCUT2D eigenvalue weighted by Crippen LogP contribution is 2.14. The molecule has 0 aromatic carbocycles. The van der Waals surface area contributed by atoms with Gasteiger partial charge in [0, 0.05) is 58.2 Å². The molecular weight excluding hydrogens is 354 g/mol. The van der Waals surface area contributed by atoms with Gasteiger partial charge in [-0.2, -0.15) is 0 Å². The Morgan fingerprint density at radius 1 is 1.04 bits per heavy atom. The molecule has 140 valence electrons. The Labute approximate surface area is 158 Å². The van der Waals surface area contributed by atoms with Crippen molar-refractivity contribution in [3.8, 4) is 0 Å². The van der Waals surface area contributed by atoms with E-state index in [2.05, 4.69) is 14.8 Å².